The van der Waals surface area contributed by atoms with Gasteiger partial charge < -0.3 is 24.5 Å². The highest BCUT2D eigenvalue weighted by molar-refractivity contribution is 5.76. The Morgan fingerprint density at radius 3 is 1.47 bits per heavy atom. The van der Waals surface area contributed by atoms with Gasteiger partial charge >= 0.3 is 0 Å². The van der Waals surface area contributed by atoms with E-state index in [1.165, 1.54) is 128 Å². The van der Waals surface area contributed by atoms with Crippen LogP contribution in [0.1, 0.15) is 181 Å². The number of carbonyl (C=O) groups is 3. The fourth-order valence-corrected chi connectivity index (χ4v) is 5.62. The summed E-state index contributed by atoms with van der Waals surface area (Å²) in [5.74, 6) is 0.164. The third-order valence-corrected chi connectivity index (χ3v) is 8.56. The average molecular weight is 639 g/mol. The number of carbonyl (C=O) groups excluding carboxylic acids is 3. The van der Waals surface area contributed by atoms with Crippen molar-refractivity contribution >= 4 is 18.1 Å². The van der Waals surface area contributed by atoms with Crippen molar-refractivity contribution in [1.29, 1.82) is 0 Å². The molecule has 0 bridgehead atoms. The zero-order valence-corrected chi connectivity index (χ0v) is 29.9. The second-order valence-corrected chi connectivity index (χ2v) is 12.8. The molecule has 0 radical (unpaired) electrons. The predicted molar refractivity (Wildman–Crippen MR) is 189 cm³/mol. The van der Waals surface area contributed by atoms with Crippen LogP contribution in [0.2, 0.25) is 0 Å². The molecule has 0 aliphatic carbocycles. The maximum atomic E-state index is 13.1. The van der Waals surface area contributed by atoms with Crippen molar-refractivity contribution in [1.82, 2.24) is 10.2 Å². The lowest BCUT2D eigenvalue weighted by Gasteiger charge is -2.23. The van der Waals surface area contributed by atoms with Gasteiger partial charge in [-0.25, -0.2) is 0 Å². The van der Waals surface area contributed by atoms with Crippen LogP contribution >= 0.6 is 0 Å². The van der Waals surface area contributed by atoms with E-state index in [2.05, 4.69) is 19.2 Å². The van der Waals surface area contributed by atoms with Crippen LogP contribution < -0.4 is 5.32 Å². The molecule has 2 amide bonds. The number of aldehydes is 1. The molecular weight excluding hydrogens is 564 g/mol. The van der Waals surface area contributed by atoms with Crippen LogP contribution in [0.3, 0.4) is 0 Å². The molecule has 45 heavy (non-hydrogen) atoms. The monoisotopic (exact) mass is 639 g/mol. The number of rotatable bonds is 37. The lowest BCUT2D eigenvalue weighted by molar-refractivity contribution is -0.132. The Balaban J connectivity index is 4.14. The molecular formula is C38H74N2O5. The molecule has 0 saturated heterocycles. The lowest BCUT2D eigenvalue weighted by atomic mass is 10.0. The molecule has 7 nitrogen and oxygen atoms in total. The van der Waals surface area contributed by atoms with Crippen LogP contribution in [0.4, 0.5) is 0 Å². The van der Waals surface area contributed by atoms with Crippen LogP contribution in [-0.4, -0.2) is 69.1 Å². The fraction of sp³-hybridized carbons (Fsp3) is 0.921. The summed E-state index contributed by atoms with van der Waals surface area (Å²) in [6.07, 6.45) is 32.1. The molecule has 0 saturated carbocycles. The summed E-state index contributed by atoms with van der Waals surface area (Å²) < 4.78 is 11.3. The Hall–Kier alpha value is -1.47. The molecule has 1 N–H and O–H groups in total. The van der Waals surface area contributed by atoms with E-state index in [4.69, 9.17) is 9.47 Å². The lowest BCUT2D eigenvalue weighted by Crippen LogP contribution is -2.35. The molecule has 0 fully saturated rings. The summed E-state index contributed by atoms with van der Waals surface area (Å²) in [7, 11) is 0. The van der Waals surface area contributed by atoms with Gasteiger partial charge in [-0.15, -0.1) is 0 Å². The molecule has 0 spiro atoms. The van der Waals surface area contributed by atoms with Crippen LogP contribution in [0.25, 0.3) is 0 Å². The summed E-state index contributed by atoms with van der Waals surface area (Å²) in [6.45, 7) is 8.09. The minimum Gasteiger partial charge on any atom is -0.379 e. The molecule has 7 heteroatoms. The number of hydrogen-bond donors (Lipinski definition) is 1. The molecule has 0 rings (SSSR count). The van der Waals surface area contributed by atoms with Gasteiger partial charge in [0.15, 0.2) is 0 Å². The van der Waals surface area contributed by atoms with E-state index >= 15 is 0 Å². The Morgan fingerprint density at radius 2 is 0.978 bits per heavy atom. The van der Waals surface area contributed by atoms with E-state index in [9.17, 15) is 14.4 Å². The standard InChI is InChI=1S/C38H74N2O5/c1-3-5-7-9-11-13-15-17-19-21-23-25-30-40(31-34-45-36-35-44-33-28-37(42)39-29-26-32-41)38(43)27-24-22-20-18-16-14-12-10-8-6-4-2/h32H,3-31,33-36H2,1-2H3,(H,39,42). The molecule has 0 aromatic heterocycles. The summed E-state index contributed by atoms with van der Waals surface area (Å²) in [6, 6.07) is 0. The Morgan fingerprint density at radius 1 is 0.533 bits per heavy atom. The Bertz CT molecular complexity index is 646. The predicted octanol–water partition coefficient (Wildman–Crippen LogP) is 9.35. The summed E-state index contributed by atoms with van der Waals surface area (Å²) in [5.41, 5.74) is 0. The van der Waals surface area contributed by atoms with Gasteiger partial charge in [-0.2, -0.15) is 0 Å². The van der Waals surface area contributed by atoms with E-state index in [-0.39, 0.29) is 18.2 Å². The fourth-order valence-electron chi connectivity index (χ4n) is 5.62. The maximum absolute atomic E-state index is 13.1. The van der Waals surface area contributed by atoms with Crippen LogP contribution in [-0.2, 0) is 23.9 Å². The van der Waals surface area contributed by atoms with E-state index in [1.54, 1.807) is 0 Å². The van der Waals surface area contributed by atoms with Crippen LogP contribution in [0.15, 0.2) is 0 Å². The largest absolute Gasteiger partial charge is 0.379 e. The number of amides is 2. The number of unbranched alkanes of at least 4 members (excludes halogenated alkanes) is 21. The van der Waals surface area contributed by atoms with Crippen molar-refractivity contribution in [3.8, 4) is 0 Å². The first kappa shape index (κ1) is 43.5. The topological polar surface area (TPSA) is 84.9 Å². The van der Waals surface area contributed by atoms with Crippen molar-refractivity contribution in [3.63, 3.8) is 0 Å². The molecule has 0 heterocycles. The number of hydrogen-bond acceptors (Lipinski definition) is 5. The van der Waals surface area contributed by atoms with Gasteiger partial charge in [0.05, 0.1) is 26.4 Å². The molecule has 0 aliphatic heterocycles. The molecule has 0 atom stereocenters. The van der Waals surface area contributed by atoms with Gasteiger partial charge in [0.25, 0.3) is 0 Å². The molecule has 0 aromatic rings. The third-order valence-electron chi connectivity index (χ3n) is 8.56. The van der Waals surface area contributed by atoms with E-state index in [0.717, 1.165) is 32.1 Å². The molecule has 0 aromatic carbocycles. The van der Waals surface area contributed by atoms with E-state index in [0.29, 0.717) is 52.4 Å². The number of ether oxygens (including phenoxy) is 2. The maximum Gasteiger partial charge on any atom is 0.222 e. The minimum absolute atomic E-state index is 0.109. The van der Waals surface area contributed by atoms with Gasteiger partial charge in [-0.3, -0.25) is 9.59 Å². The summed E-state index contributed by atoms with van der Waals surface area (Å²) >= 11 is 0. The quantitative estimate of drug-likeness (QED) is 0.0541. The van der Waals surface area contributed by atoms with Crippen LogP contribution in [0, 0.1) is 0 Å². The van der Waals surface area contributed by atoms with Gasteiger partial charge in [-0.1, -0.05) is 149 Å². The van der Waals surface area contributed by atoms with Gasteiger partial charge in [0, 0.05) is 38.9 Å². The Kier molecular flexibility index (Phi) is 35.8. The highest BCUT2D eigenvalue weighted by Crippen LogP contribution is 2.14. The Labute approximate surface area is 278 Å². The summed E-state index contributed by atoms with van der Waals surface area (Å²) in [4.78, 5) is 37.1. The molecule has 0 unspecified atom stereocenters. The SMILES string of the molecule is CCCCCCCCCCCCCCN(CCOCCOCCC(=O)NCCC=O)C(=O)CCCCCCCCCCCCC. The first-order chi connectivity index (χ1) is 22.2. The van der Waals surface area contributed by atoms with Crippen molar-refractivity contribution < 1.29 is 23.9 Å². The number of nitrogens with zero attached hydrogens (tertiary/aromatic N) is 1. The third kappa shape index (κ3) is 33.7. The average Bonchev–Trinajstić information content (AvgIpc) is 3.04. The summed E-state index contributed by atoms with van der Waals surface area (Å²) in [5, 5.41) is 2.68. The van der Waals surface area contributed by atoms with Crippen molar-refractivity contribution in [2.24, 2.45) is 0 Å². The van der Waals surface area contributed by atoms with Gasteiger partial charge in [0.1, 0.15) is 6.29 Å². The van der Waals surface area contributed by atoms with E-state index < -0.39 is 0 Å². The van der Waals surface area contributed by atoms with Crippen molar-refractivity contribution in [3.05, 3.63) is 0 Å². The highest BCUT2D eigenvalue weighted by Gasteiger charge is 2.13. The second-order valence-electron chi connectivity index (χ2n) is 12.8. The first-order valence-electron chi connectivity index (χ1n) is 19.3. The zero-order valence-electron chi connectivity index (χ0n) is 29.9. The number of nitrogens with one attached hydrogen (secondary N) is 1. The highest BCUT2D eigenvalue weighted by atomic mass is 16.5. The minimum atomic E-state index is -0.109. The van der Waals surface area contributed by atoms with Crippen molar-refractivity contribution in [2.75, 3.05) is 46.1 Å². The van der Waals surface area contributed by atoms with Crippen molar-refractivity contribution in [2.45, 2.75) is 181 Å². The van der Waals surface area contributed by atoms with Gasteiger partial charge in [-0.05, 0) is 12.8 Å². The first-order valence-corrected chi connectivity index (χ1v) is 19.3. The molecule has 0 aliphatic rings. The molecule has 266 valence electrons. The van der Waals surface area contributed by atoms with Gasteiger partial charge in [0.2, 0.25) is 11.8 Å². The second kappa shape index (κ2) is 37.0. The normalized spacial score (nSPS) is 11.2. The smallest absolute Gasteiger partial charge is 0.222 e. The van der Waals surface area contributed by atoms with Crippen LogP contribution in [0.5, 0.6) is 0 Å². The zero-order chi connectivity index (χ0) is 32.9. The van der Waals surface area contributed by atoms with E-state index in [1.807, 2.05) is 4.90 Å².